The number of rotatable bonds is 8. The average molecular weight is 491 g/mol. The second-order valence-corrected chi connectivity index (χ2v) is 8.74. The maximum Gasteiger partial charge on any atom is 0.257 e. The lowest BCUT2D eigenvalue weighted by molar-refractivity contribution is -0.113. The minimum absolute atomic E-state index is 0.153. The van der Waals surface area contributed by atoms with E-state index in [1.54, 1.807) is 12.1 Å². The highest BCUT2D eigenvalue weighted by atomic mass is 32.2. The van der Waals surface area contributed by atoms with E-state index in [9.17, 15) is 4.79 Å². The molecule has 0 radical (unpaired) electrons. The zero-order valence-electron chi connectivity index (χ0n) is 19.2. The third-order valence-corrected chi connectivity index (χ3v) is 6.03. The van der Waals surface area contributed by atoms with Gasteiger partial charge in [0.2, 0.25) is 5.91 Å². The molecule has 0 aliphatic rings. The van der Waals surface area contributed by atoms with Gasteiger partial charge in [0, 0.05) is 16.8 Å². The van der Waals surface area contributed by atoms with Crippen LogP contribution in [0.2, 0.25) is 0 Å². The summed E-state index contributed by atoms with van der Waals surface area (Å²) in [6, 6.07) is 36.5. The SMILES string of the molecule is O=C(CSc1nc(-c2ccccc2)c(-c2ccccc2)o1)Nc1ccc(N=Nc2ccccc2)cc1. The fourth-order valence-electron chi connectivity index (χ4n) is 3.49. The number of nitrogens with zero attached hydrogens (tertiary/aromatic N) is 3. The summed E-state index contributed by atoms with van der Waals surface area (Å²) in [5.41, 5.74) is 4.81. The summed E-state index contributed by atoms with van der Waals surface area (Å²) < 4.78 is 6.08. The van der Waals surface area contributed by atoms with E-state index in [1.807, 2.05) is 103 Å². The number of azo groups is 1. The van der Waals surface area contributed by atoms with Crippen LogP contribution in [0.3, 0.4) is 0 Å². The second kappa shape index (κ2) is 11.3. The maximum atomic E-state index is 12.6. The summed E-state index contributed by atoms with van der Waals surface area (Å²) in [6.45, 7) is 0. The Balaban J connectivity index is 1.23. The Labute approximate surface area is 213 Å². The number of carbonyl (C=O) groups excluding carboxylic acids is 1. The first-order chi connectivity index (χ1) is 17.7. The topological polar surface area (TPSA) is 79.9 Å². The predicted molar refractivity (Wildman–Crippen MR) is 144 cm³/mol. The smallest absolute Gasteiger partial charge is 0.257 e. The molecule has 5 aromatic rings. The van der Waals surface area contributed by atoms with Crippen LogP contribution in [0.4, 0.5) is 17.1 Å². The summed E-state index contributed by atoms with van der Waals surface area (Å²) in [6.07, 6.45) is 0. The van der Waals surface area contributed by atoms with E-state index in [0.717, 1.165) is 22.5 Å². The molecule has 0 bridgehead atoms. The second-order valence-electron chi connectivity index (χ2n) is 7.81. The van der Waals surface area contributed by atoms with Crippen LogP contribution < -0.4 is 5.32 Å². The lowest BCUT2D eigenvalue weighted by Crippen LogP contribution is -2.13. The molecule has 0 fully saturated rings. The van der Waals surface area contributed by atoms with Crippen molar-refractivity contribution in [3.63, 3.8) is 0 Å². The van der Waals surface area contributed by atoms with Crippen molar-refractivity contribution in [2.45, 2.75) is 5.22 Å². The highest BCUT2D eigenvalue weighted by molar-refractivity contribution is 7.99. The molecule has 1 heterocycles. The Hall–Kier alpha value is -4.49. The number of oxazole rings is 1. The Morgan fingerprint density at radius 3 is 1.92 bits per heavy atom. The van der Waals surface area contributed by atoms with Crippen LogP contribution >= 0.6 is 11.8 Å². The Morgan fingerprint density at radius 1 is 0.722 bits per heavy atom. The number of nitrogens with one attached hydrogen (secondary N) is 1. The Morgan fingerprint density at radius 2 is 1.28 bits per heavy atom. The van der Waals surface area contributed by atoms with Crippen molar-refractivity contribution in [2.24, 2.45) is 10.2 Å². The minimum Gasteiger partial charge on any atom is -0.431 e. The molecule has 0 aliphatic heterocycles. The van der Waals surface area contributed by atoms with Crippen LogP contribution in [0.1, 0.15) is 0 Å². The van der Waals surface area contributed by atoms with E-state index in [0.29, 0.717) is 22.4 Å². The molecule has 0 unspecified atom stereocenters. The van der Waals surface area contributed by atoms with Gasteiger partial charge < -0.3 is 9.73 Å². The maximum absolute atomic E-state index is 12.6. The summed E-state index contributed by atoms with van der Waals surface area (Å²) in [5, 5.41) is 11.8. The van der Waals surface area contributed by atoms with Gasteiger partial charge >= 0.3 is 0 Å². The van der Waals surface area contributed by atoms with E-state index < -0.39 is 0 Å². The van der Waals surface area contributed by atoms with Crippen molar-refractivity contribution in [3.05, 3.63) is 115 Å². The lowest BCUT2D eigenvalue weighted by atomic mass is 10.1. The van der Waals surface area contributed by atoms with Crippen molar-refractivity contribution < 1.29 is 9.21 Å². The first-order valence-corrected chi connectivity index (χ1v) is 12.3. The molecule has 0 aliphatic carbocycles. The van der Waals surface area contributed by atoms with Crippen molar-refractivity contribution in [1.29, 1.82) is 0 Å². The molecule has 0 saturated carbocycles. The molecule has 0 spiro atoms. The summed E-state index contributed by atoms with van der Waals surface area (Å²) in [5.74, 6) is 0.697. The summed E-state index contributed by atoms with van der Waals surface area (Å²) in [7, 11) is 0. The molecular weight excluding hydrogens is 468 g/mol. The molecule has 36 heavy (non-hydrogen) atoms. The lowest BCUT2D eigenvalue weighted by Gasteiger charge is -2.04. The number of hydrogen-bond donors (Lipinski definition) is 1. The van der Waals surface area contributed by atoms with E-state index in [1.165, 1.54) is 11.8 Å². The first kappa shape index (κ1) is 23.3. The minimum atomic E-state index is -0.153. The van der Waals surface area contributed by atoms with Gasteiger partial charge in [0.15, 0.2) is 5.76 Å². The molecule has 7 heteroatoms. The standard InChI is InChI=1S/C29H22N4O2S/c34-26(30-23-16-18-25(19-17-23)33-32-24-14-8-3-9-15-24)20-36-29-31-27(21-10-4-1-5-11-21)28(35-29)22-12-6-2-7-13-22/h1-19H,20H2,(H,30,34). The number of thioether (sulfide) groups is 1. The molecule has 5 rings (SSSR count). The predicted octanol–water partition coefficient (Wildman–Crippen LogP) is 8.15. The number of amides is 1. The molecule has 176 valence electrons. The number of benzene rings is 4. The van der Waals surface area contributed by atoms with Gasteiger partial charge in [-0.25, -0.2) is 4.98 Å². The number of hydrogen-bond acceptors (Lipinski definition) is 6. The normalized spacial score (nSPS) is 11.0. The van der Waals surface area contributed by atoms with Crippen molar-refractivity contribution in [1.82, 2.24) is 4.98 Å². The summed E-state index contributed by atoms with van der Waals surface area (Å²) >= 11 is 1.26. The monoisotopic (exact) mass is 490 g/mol. The average Bonchev–Trinajstić information content (AvgIpc) is 3.38. The van der Waals surface area contributed by atoms with E-state index >= 15 is 0 Å². The van der Waals surface area contributed by atoms with Crippen molar-refractivity contribution >= 4 is 34.7 Å². The first-order valence-electron chi connectivity index (χ1n) is 11.4. The van der Waals surface area contributed by atoms with Crippen LogP contribution in [-0.2, 0) is 4.79 Å². The fraction of sp³-hybridized carbons (Fsp3) is 0.0345. The van der Waals surface area contributed by atoms with Gasteiger partial charge in [-0.05, 0) is 36.4 Å². The zero-order valence-corrected chi connectivity index (χ0v) is 20.1. The number of aromatic nitrogens is 1. The van der Waals surface area contributed by atoms with Gasteiger partial charge in [0.05, 0.1) is 17.1 Å². The van der Waals surface area contributed by atoms with Gasteiger partial charge in [0.25, 0.3) is 5.22 Å². The molecule has 1 amide bonds. The number of anilines is 1. The molecule has 0 saturated heterocycles. The van der Waals surface area contributed by atoms with E-state index in [-0.39, 0.29) is 11.7 Å². The van der Waals surface area contributed by atoms with E-state index in [2.05, 4.69) is 20.5 Å². The fourth-order valence-corrected chi connectivity index (χ4v) is 4.11. The molecule has 0 atom stereocenters. The largest absolute Gasteiger partial charge is 0.431 e. The highest BCUT2D eigenvalue weighted by Crippen LogP contribution is 2.35. The summed E-state index contributed by atoms with van der Waals surface area (Å²) in [4.78, 5) is 17.3. The van der Waals surface area contributed by atoms with Gasteiger partial charge in [-0.2, -0.15) is 10.2 Å². The van der Waals surface area contributed by atoms with Crippen LogP contribution in [0.15, 0.2) is 135 Å². The van der Waals surface area contributed by atoms with Crippen LogP contribution in [0, 0.1) is 0 Å². The third kappa shape index (κ3) is 5.95. The van der Waals surface area contributed by atoms with Gasteiger partial charge in [-0.15, -0.1) is 0 Å². The van der Waals surface area contributed by atoms with Crippen LogP contribution in [0.5, 0.6) is 0 Å². The highest BCUT2D eigenvalue weighted by Gasteiger charge is 2.18. The van der Waals surface area contributed by atoms with Gasteiger partial charge in [0.1, 0.15) is 5.69 Å². The van der Waals surface area contributed by atoms with E-state index in [4.69, 9.17) is 4.42 Å². The molecular formula is C29H22N4O2S. The Kier molecular flexibility index (Phi) is 7.30. The van der Waals surface area contributed by atoms with Gasteiger partial charge in [-0.1, -0.05) is 90.6 Å². The molecule has 4 aromatic carbocycles. The molecule has 1 aromatic heterocycles. The quantitative estimate of drug-likeness (QED) is 0.176. The molecule has 1 N–H and O–H groups in total. The van der Waals surface area contributed by atoms with Gasteiger partial charge in [-0.3, -0.25) is 4.79 Å². The van der Waals surface area contributed by atoms with Crippen molar-refractivity contribution in [3.8, 4) is 22.6 Å². The Bertz CT molecular complexity index is 1400. The molecule has 6 nitrogen and oxygen atoms in total. The third-order valence-electron chi connectivity index (χ3n) is 5.21. The number of carbonyl (C=O) groups is 1. The zero-order chi connectivity index (χ0) is 24.6. The van der Waals surface area contributed by atoms with Crippen LogP contribution in [0.25, 0.3) is 22.6 Å². The van der Waals surface area contributed by atoms with Crippen LogP contribution in [-0.4, -0.2) is 16.6 Å². The van der Waals surface area contributed by atoms with Crippen molar-refractivity contribution in [2.75, 3.05) is 11.1 Å².